The number of piperidine rings is 1. The lowest BCUT2D eigenvalue weighted by atomic mass is 10.1. The van der Waals surface area contributed by atoms with E-state index in [1.807, 2.05) is 0 Å². The van der Waals surface area contributed by atoms with Crippen molar-refractivity contribution in [3.63, 3.8) is 0 Å². The lowest BCUT2D eigenvalue weighted by Gasteiger charge is -2.24. The maximum absolute atomic E-state index is 11.5. The first-order valence-corrected chi connectivity index (χ1v) is 5.71. The van der Waals surface area contributed by atoms with Crippen LogP contribution in [0.25, 0.3) is 0 Å². The SMILES string of the molecule is O=C(O)CC(NC(=O)NC1CCNCC1)C(=O)O. The van der Waals surface area contributed by atoms with E-state index in [2.05, 4.69) is 16.0 Å². The van der Waals surface area contributed by atoms with Gasteiger partial charge >= 0.3 is 18.0 Å². The number of hydrogen-bond donors (Lipinski definition) is 5. The Kier molecular flexibility index (Phi) is 5.37. The molecule has 1 atom stereocenters. The highest BCUT2D eigenvalue weighted by atomic mass is 16.4. The molecule has 1 heterocycles. The molecule has 102 valence electrons. The normalized spacial score (nSPS) is 17.8. The van der Waals surface area contributed by atoms with E-state index in [9.17, 15) is 14.4 Å². The average molecular weight is 259 g/mol. The number of rotatable bonds is 5. The summed E-state index contributed by atoms with van der Waals surface area (Å²) in [5, 5.41) is 25.2. The summed E-state index contributed by atoms with van der Waals surface area (Å²) >= 11 is 0. The van der Waals surface area contributed by atoms with Crippen molar-refractivity contribution in [2.45, 2.75) is 31.3 Å². The second-order valence-electron chi connectivity index (χ2n) is 4.13. The van der Waals surface area contributed by atoms with Gasteiger partial charge in [-0.15, -0.1) is 0 Å². The number of carbonyl (C=O) groups is 3. The standard InChI is InChI=1S/C10H17N3O5/c14-8(15)5-7(9(16)17)13-10(18)12-6-1-3-11-4-2-6/h6-7,11H,1-5H2,(H,14,15)(H,16,17)(H2,12,13,18). The van der Waals surface area contributed by atoms with Crippen LogP contribution >= 0.6 is 0 Å². The van der Waals surface area contributed by atoms with Crippen molar-refractivity contribution in [2.75, 3.05) is 13.1 Å². The number of urea groups is 1. The summed E-state index contributed by atoms with van der Waals surface area (Å²) < 4.78 is 0. The fraction of sp³-hybridized carbons (Fsp3) is 0.700. The molecule has 18 heavy (non-hydrogen) atoms. The zero-order valence-electron chi connectivity index (χ0n) is 9.81. The lowest BCUT2D eigenvalue weighted by Crippen LogP contribution is -2.51. The fourth-order valence-electron chi connectivity index (χ4n) is 1.73. The molecular weight excluding hydrogens is 242 g/mol. The average Bonchev–Trinajstić information content (AvgIpc) is 2.28. The van der Waals surface area contributed by atoms with Gasteiger partial charge < -0.3 is 26.2 Å². The van der Waals surface area contributed by atoms with E-state index in [1.54, 1.807) is 0 Å². The van der Waals surface area contributed by atoms with Gasteiger partial charge in [-0.3, -0.25) is 4.79 Å². The Labute approximate surface area is 104 Å². The highest BCUT2D eigenvalue weighted by Gasteiger charge is 2.24. The van der Waals surface area contributed by atoms with Crippen molar-refractivity contribution >= 4 is 18.0 Å². The first-order valence-electron chi connectivity index (χ1n) is 5.71. The quantitative estimate of drug-likeness (QED) is 0.429. The predicted octanol–water partition coefficient (Wildman–Crippen LogP) is -1.03. The summed E-state index contributed by atoms with van der Waals surface area (Å²) in [6.45, 7) is 1.59. The molecule has 1 fully saturated rings. The van der Waals surface area contributed by atoms with Gasteiger partial charge in [0.15, 0.2) is 0 Å². The summed E-state index contributed by atoms with van der Waals surface area (Å²) in [6.07, 6.45) is 0.892. The Morgan fingerprint density at radius 2 is 1.83 bits per heavy atom. The van der Waals surface area contributed by atoms with E-state index in [1.165, 1.54) is 0 Å². The molecule has 0 radical (unpaired) electrons. The van der Waals surface area contributed by atoms with Gasteiger partial charge in [-0.05, 0) is 25.9 Å². The van der Waals surface area contributed by atoms with Crippen LogP contribution < -0.4 is 16.0 Å². The maximum atomic E-state index is 11.5. The minimum Gasteiger partial charge on any atom is -0.481 e. The van der Waals surface area contributed by atoms with Crippen LogP contribution in [0.4, 0.5) is 4.79 Å². The van der Waals surface area contributed by atoms with Gasteiger partial charge in [-0.2, -0.15) is 0 Å². The van der Waals surface area contributed by atoms with Crippen LogP contribution in [0.15, 0.2) is 0 Å². The minimum absolute atomic E-state index is 0.00878. The molecule has 0 saturated carbocycles. The van der Waals surface area contributed by atoms with E-state index in [-0.39, 0.29) is 6.04 Å². The van der Waals surface area contributed by atoms with Gasteiger partial charge in [-0.1, -0.05) is 0 Å². The number of amides is 2. The van der Waals surface area contributed by atoms with Crippen LogP contribution in [0.3, 0.4) is 0 Å². The highest BCUT2D eigenvalue weighted by molar-refractivity contribution is 5.86. The molecule has 1 aliphatic rings. The molecule has 8 nitrogen and oxygen atoms in total. The summed E-state index contributed by atoms with van der Waals surface area (Å²) in [4.78, 5) is 32.7. The van der Waals surface area contributed by atoms with Crippen LogP contribution in [-0.4, -0.2) is 53.4 Å². The van der Waals surface area contributed by atoms with Gasteiger partial charge in [0.1, 0.15) is 6.04 Å². The number of nitrogens with one attached hydrogen (secondary N) is 3. The van der Waals surface area contributed by atoms with Crippen molar-refractivity contribution in [1.29, 1.82) is 0 Å². The van der Waals surface area contributed by atoms with Gasteiger partial charge in [0.25, 0.3) is 0 Å². The van der Waals surface area contributed by atoms with E-state index in [0.717, 1.165) is 25.9 Å². The minimum atomic E-state index is -1.41. The first kappa shape index (κ1) is 14.2. The third-order valence-electron chi connectivity index (χ3n) is 2.66. The molecule has 1 aliphatic heterocycles. The molecule has 1 rings (SSSR count). The molecular formula is C10H17N3O5. The third kappa shape index (κ3) is 5.00. The van der Waals surface area contributed by atoms with Crippen molar-refractivity contribution in [1.82, 2.24) is 16.0 Å². The molecule has 0 aromatic carbocycles. The van der Waals surface area contributed by atoms with Crippen molar-refractivity contribution < 1.29 is 24.6 Å². The van der Waals surface area contributed by atoms with Crippen LogP contribution in [-0.2, 0) is 9.59 Å². The zero-order chi connectivity index (χ0) is 13.5. The van der Waals surface area contributed by atoms with E-state index in [0.29, 0.717) is 0 Å². The second-order valence-corrected chi connectivity index (χ2v) is 4.13. The topological polar surface area (TPSA) is 128 Å². The Hall–Kier alpha value is -1.83. The molecule has 2 amide bonds. The second kappa shape index (κ2) is 6.80. The molecule has 1 unspecified atom stereocenters. The number of hydrogen-bond acceptors (Lipinski definition) is 4. The zero-order valence-corrected chi connectivity index (χ0v) is 9.81. The summed E-state index contributed by atoms with van der Waals surface area (Å²) in [5.74, 6) is -2.64. The molecule has 0 aromatic rings. The molecule has 0 bridgehead atoms. The molecule has 0 spiro atoms. The van der Waals surface area contributed by atoms with E-state index < -0.39 is 30.4 Å². The Bertz CT molecular complexity index is 327. The Morgan fingerprint density at radius 3 is 2.33 bits per heavy atom. The molecule has 8 heteroatoms. The fourth-order valence-corrected chi connectivity index (χ4v) is 1.73. The predicted molar refractivity (Wildman–Crippen MR) is 61.2 cm³/mol. The number of aliphatic carboxylic acids is 2. The molecule has 5 N–H and O–H groups in total. The maximum Gasteiger partial charge on any atom is 0.326 e. The molecule has 0 aromatic heterocycles. The number of carboxylic acid groups (broad SMARTS) is 2. The monoisotopic (exact) mass is 259 g/mol. The van der Waals surface area contributed by atoms with Crippen LogP contribution in [0.5, 0.6) is 0 Å². The van der Waals surface area contributed by atoms with Gasteiger partial charge in [0.05, 0.1) is 6.42 Å². The van der Waals surface area contributed by atoms with Crippen molar-refractivity contribution in [2.24, 2.45) is 0 Å². The van der Waals surface area contributed by atoms with Gasteiger partial charge in [-0.25, -0.2) is 9.59 Å². The Balaban J connectivity index is 2.40. The number of carbonyl (C=O) groups excluding carboxylic acids is 1. The van der Waals surface area contributed by atoms with Crippen LogP contribution in [0, 0.1) is 0 Å². The third-order valence-corrected chi connectivity index (χ3v) is 2.66. The van der Waals surface area contributed by atoms with E-state index in [4.69, 9.17) is 10.2 Å². The molecule has 0 aliphatic carbocycles. The van der Waals surface area contributed by atoms with E-state index >= 15 is 0 Å². The van der Waals surface area contributed by atoms with Gasteiger partial charge in [0.2, 0.25) is 0 Å². The Morgan fingerprint density at radius 1 is 1.22 bits per heavy atom. The van der Waals surface area contributed by atoms with Crippen LogP contribution in [0.1, 0.15) is 19.3 Å². The lowest BCUT2D eigenvalue weighted by molar-refractivity contribution is -0.145. The summed E-state index contributed by atoms with van der Waals surface area (Å²) in [5.41, 5.74) is 0. The van der Waals surface area contributed by atoms with Crippen molar-refractivity contribution in [3.05, 3.63) is 0 Å². The number of carboxylic acids is 2. The molecule has 1 saturated heterocycles. The first-order chi connectivity index (χ1) is 8.49. The van der Waals surface area contributed by atoms with Crippen molar-refractivity contribution in [3.8, 4) is 0 Å². The highest BCUT2D eigenvalue weighted by Crippen LogP contribution is 2.01. The van der Waals surface area contributed by atoms with Crippen LogP contribution in [0.2, 0.25) is 0 Å². The summed E-state index contributed by atoms with van der Waals surface area (Å²) in [6, 6.07) is -2.06. The summed E-state index contributed by atoms with van der Waals surface area (Å²) in [7, 11) is 0. The van der Waals surface area contributed by atoms with Gasteiger partial charge in [0, 0.05) is 6.04 Å². The largest absolute Gasteiger partial charge is 0.481 e. The smallest absolute Gasteiger partial charge is 0.326 e.